The van der Waals surface area contributed by atoms with Gasteiger partial charge in [-0.3, -0.25) is 9.69 Å². The molecular weight excluding hydrogens is 272 g/mol. The molecule has 21 heavy (non-hydrogen) atoms. The SMILES string of the molecule is COc1ccc(C=NN)cc1CN1C(=O)NC(C)(C)C1=O. The molecule has 112 valence electrons. The van der Waals surface area contributed by atoms with E-state index in [1.54, 1.807) is 32.0 Å². The Bertz CT molecular complexity index is 610. The van der Waals surface area contributed by atoms with Gasteiger partial charge >= 0.3 is 6.03 Å². The van der Waals surface area contributed by atoms with Crippen LogP contribution < -0.4 is 15.9 Å². The number of rotatable bonds is 4. The standard InChI is InChI=1S/C14H18N4O3/c1-14(2)12(19)18(13(20)17-14)8-10-6-9(7-16-15)4-5-11(10)21-3/h4-7H,8,15H2,1-3H3,(H,17,20). The smallest absolute Gasteiger partial charge is 0.325 e. The van der Waals surface area contributed by atoms with Gasteiger partial charge in [0.05, 0.1) is 19.9 Å². The van der Waals surface area contributed by atoms with E-state index in [4.69, 9.17) is 10.6 Å². The summed E-state index contributed by atoms with van der Waals surface area (Å²) in [5, 5.41) is 6.10. The molecule has 1 heterocycles. The summed E-state index contributed by atoms with van der Waals surface area (Å²) in [5.41, 5.74) is 0.580. The number of nitrogens with two attached hydrogens (primary N) is 1. The van der Waals surface area contributed by atoms with Gasteiger partial charge in [-0.15, -0.1) is 0 Å². The summed E-state index contributed by atoms with van der Waals surface area (Å²) in [6.45, 7) is 3.47. The fourth-order valence-corrected chi connectivity index (χ4v) is 2.22. The highest BCUT2D eigenvalue weighted by Gasteiger charge is 2.44. The van der Waals surface area contributed by atoms with Crippen LogP contribution in [0.3, 0.4) is 0 Å². The number of hydrogen-bond donors (Lipinski definition) is 2. The lowest BCUT2D eigenvalue weighted by Crippen LogP contribution is -2.40. The van der Waals surface area contributed by atoms with Crippen molar-refractivity contribution in [3.8, 4) is 5.75 Å². The number of urea groups is 1. The van der Waals surface area contributed by atoms with E-state index < -0.39 is 11.6 Å². The van der Waals surface area contributed by atoms with E-state index in [1.165, 1.54) is 18.2 Å². The number of nitrogens with zero attached hydrogens (tertiary/aromatic N) is 2. The van der Waals surface area contributed by atoms with E-state index >= 15 is 0 Å². The first kappa shape index (κ1) is 14.8. The Morgan fingerprint density at radius 3 is 2.67 bits per heavy atom. The third-order valence-corrected chi connectivity index (χ3v) is 3.30. The van der Waals surface area contributed by atoms with Gasteiger partial charge in [-0.1, -0.05) is 0 Å². The molecule has 1 aliphatic rings. The third kappa shape index (κ3) is 2.81. The molecule has 1 aliphatic heterocycles. The topological polar surface area (TPSA) is 97.0 Å². The van der Waals surface area contributed by atoms with Crippen LogP contribution in [0.1, 0.15) is 25.0 Å². The van der Waals surface area contributed by atoms with E-state index in [-0.39, 0.29) is 12.5 Å². The average Bonchev–Trinajstić information content (AvgIpc) is 2.62. The first-order valence-corrected chi connectivity index (χ1v) is 6.43. The Kier molecular flexibility index (Phi) is 3.84. The van der Waals surface area contributed by atoms with Crippen LogP contribution >= 0.6 is 0 Å². The van der Waals surface area contributed by atoms with Crippen LogP contribution in [-0.4, -0.2) is 35.7 Å². The van der Waals surface area contributed by atoms with Gasteiger partial charge in [0.15, 0.2) is 0 Å². The Hall–Kier alpha value is -2.57. The summed E-state index contributed by atoms with van der Waals surface area (Å²) in [6.07, 6.45) is 1.48. The summed E-state index contributed by atoms with van der Waals surface area (Å²) < 4.78 is 5.27. The van der Waals surface area contributed by atoms with Crippen molar-refractivity contribution in [3.63, 3.8) is 0 Å². The fourth-order valence-electron chi connectivity index (χ4n) is 2.22. The predicted octanol–water partition coefficient (Wildman–Crippen LogP) is 0.818. The molecule has 1 aromatic rings. The summed E-state index contributed by atoms with van der Waals surface area (Å²) in [7, 11) is 1.53. The van der Waals surface area contributed by atoms with E-state index in [2.05, 4.69) is 10.4 Å². The number of hydrazone groups is 1. The summed E-state index contributed by atoms with van der Waals surface area (Å²) in [4.78, 5) is 25.3. The number of carbonyl (C=O) groups excluding carboxylic acids is 2. The number of ether oxygens (including phenoxy) is 1. The lowest BCUT2D eigenvalue weighted by Gasteiger charge is -2.17. The van der Waals surface area contributed by atoms with E-state index in [0.29, 0.717) is 11.3 Å². The average molecular weight is 290 g/mol. The van der Waals surface area contributed by atoms with Gasteiger partial charge in [-0.05, 0) is 37.6 Å². The Morgan fingerprint density at radius 1 is 1.43 bits per heavy atom. The molecule has 1 fully saturated rings. The number of hydrogen-bond acceptors (Lipinski definition) is 5. The number of benzene rings is 1. The highest BCUT2D eigenvalue weighted by Crippen LogP contribution is 2.25. The normalized spacial score (nSPS) is 17.4. The highest BCUT2D eigenvalue weighted by atomic mass is 16.5. The minimum atomic E-state index is -0.888. The third-order valence-electron chi connectivity index (χ3n) is 3.30. The molecule has 1 saturated heterocycles. The second kappa shape index (κ2) is 5.43. The van der Waals surface area contributed by atoms with E-state index in [0.717, 1.165) is 5.56 Å². The summed E-state index contributed by atoms with van der Waals surface area (Å²) in [6, 6.07) is 4.90. The quantitative estimate of drug-likeness (QED) is 0.371. The van der Waals surface area contributed by atoms with Crippen LogP contribution in [0.2, 0.25) is 0 Å². The molecule has 1 aromatic carbocycles. The molecule has 0 aromatic heterocycles. The molecule has 0 radical (unpaired) electrons. The molecule has 3 amide bonds. The van der Waals surface area contributed by atoms with Gasteiger partial charge in [-0.2, -0.15) is 5.10 Å². The second-order valence-corrected chi connectivity index (χ2v) is 5.30. The van der Waals surface area contributed by atoms with Crippen LogP contribution in [0.15, 0.2) is 23.3 Å². The maximum Gasteiger partial charge on any atom is 0.325 e. The van der Waals surface area contributed by atoms with E-state index in [9.17, 15) is 9.59 Å². The molecule has 7 heteroatoms. The van der Waals surface area contributed by atoms with Gasteiger partial charge in [0.25, 0.3) is 5.91 Å². The maximum absolute atomic E-state index is 12.2. The van der Waals surface area contributed by atoms with Crippen molar-refractivity contribution in [3.05, 3.63) is 29.3 Å². The number of amides is 3. The molecule has 2 rings (SSSR count). The van der Waals surface area contributed by atoms with Crippen molar-refractivity contribution in [2.75, 3.05) is 7.11 Å². The second-order valence-electron chi connectivity index (χ2n) is 5.30. The van der Waals surface area contributed by atoms with Crippen molar-refractivity contribution in [1.29, 1.82) is 0 Å². The van der Waals surface area contributed by atoms with Crippen LogP contribution in [-0.2, 0) is 11.3 Å². The lowest BCUT2D eigenvalue weighted by molar-refractivity contribution is -0.130. The summed E-state index contributed by atoms with van der Waals surface area (Å²) >= 11 is 0. The van der Waals surface area contributed by atoms with Crippen molar-refractivity contribution in [1.82, 2.24) is 10.2 Å². The van der Waals surface area contributed by atoms with Crippen LogP contribution in [0, 0.1) is 0 Å². The van der Waals surface area contributed by atoms with Crippen molar-refractivity contribution < 1.29 is 14.3 Å². The predicted molar refractivity (Wildman–Crippen MR) is 77.9 cm³/mol. The molecule has 0 spiro atoms. The number of imide groups is 1. The zero-order valence-electron chi connectivity index (χ0n) is 12.2. The van der Waals surface area contributed by atoms with Crippen molar-refractivity contribution in [2.45, 2.75) is 25.9 Å². The van der Waals surface area contributed by atoms with Gasteiger partial charge in [0, 0.05) is 5.56 Å². The maximum atomic E-state index is 12.2. The van der Waals surface area contributed by atoms with Gasteiger partial charge in [0.1, 0.15) is 11.3 Å². The molecule has 0 aliphatic carbocycles. The number of nitrogens with one attached hydrogen (secondary N) is 1. The van der Waals surface area contributed by atoms with Gasteiger partial charge in [0.2, 0.25) is 0 Å². The Balaban J connectivity index is 2.32. The Labute approximate surface area is 122 Å². The number of methoxy groups -OCH3 is 1. The zero-order valence-corrected chi connectivity index (χ0v) is 12.2. The van der Waals surface area contributed by atoms with Crippen molar-refractivity contribution in [2.24, 2.45) is 10.9 Å². The van der Waals surface area contributed by atoms with Crippen LogP contribution in [0.5, 0.6) is 5.75 Å². The molecule has 0 atom stereocenters. The van der Waals surface area contributed by atoms with Gasteiger partial charge in [-0.25, -0.2) is 4.79 Å². The van der Waals surface area contributed by atoms with E-state index in [1.807, 2.05) is 0 Å². The molecular formula is C14H18N4O3. The first-order valence-electron chi connectivity index (χ1n) is 6.43. The molecule has 0 bridgehead atoms. The zero-order chi connectivity index (χ0) is 15.6. The largest absolute Gasteiger partial charge is 0.496 e. The number of carbonyl (C=O) groups is 2. The van der Waals surface area contributed by atoms with Crippen molar-refractivity contribution >= 4 is 18.2 Å². The van der Waals surface area contributed by atoms with Crippen LogP contribution in [0.25, 0.3) is 0 Å². The molecule has 3 N–H and O–H groups in total. The summed E-state index contributed by atoms with van der Waals surface area (Å²) in [5.74, 6) is 5.46. The van der Waals surface area contributed by atoms with Crippen LogP contribution in [0.4, 0.5) is 4.79 Å². The highest BCUT2D eigenvalue weighted by molar-refractivity contribution is 6.06. The Morgan fingerprint density at radius 2 is 2.14 bits per heavy atom. The minimum Gasteiger partial charge on any atom is -0.496 e. The molecule has 0 unspecified atom stereocenters. The van der Waals surface area contributed by atoms with Gasteiger partial charge < -0.3 is 15.9 Å². The fraction of sp³-hybridized carbons (Fsp3) is 0.357. The first-order chi connectivity index (χ1) is 9.89. The molecule has 7 nitrogen and oxygen atoms in total. The monoisotopic (exact) mass is 290 g/mol. The lowest BCUT2D eigenvalue weighted by atomic mass is 10.1. The minimum absolute atomic E-state index is 0.128. The molecule has 0 saturated carbocycles.